The third-order valence-corrected chi connectivity index (χ3v) is 6.53. The van der Waals surface area contributed by atoms with E-state index in [-0.39, 0.29) is 30.7 Å². The van der Waals surface area contributed by atoms with E-state index < -0.39 is 0 Å². The molecule has 0 radical (unpaired) electrons. The number of rotatable bonds is 10. The quantitative estimate of drug-likeness (QED) is 0.407. The molecule has 0 fully saturated rings. The number of thioether (sulfide) groups is 1. The minimum atomic E-state index is -0.244. The highest BCUT2D eigenvalue weighted by Gasteiger charge is 2.14. The van der Waals surface area contributed by atoms with Crippen LogP contribution in [0, 0.1) is 20.8 Å². The lowest BCUT2D eigenvalue weighted by Gasteiger charge is -2.14. The fourth-order valence-corrected chi connectivity index (χ4v) is 4.24. The zero-order valence-electron chi connectivity index (χ0n) is 21.1. The lowest BCUT2D eigenvalue weighted by molar-refractivity contribution is -0.123. The number of aromatic nitrogens is 3. The largest absolute Gasteiger partial charge is 0.483 e. The Morgan fingerprint density at radius 2 is 1.74 bits per heavy atom. The molecule has 8 nitrogen and oxygen atoms in total. The maximum Gasteiger partial charge on any atom is 0.258 e. The second-order valence-corrected chi connectivity index (χ2v) is 9.82. The standard InChI is InChI=1S/C26H33N5O3S/c1-16(2)20-9-7-18(4)12-22(20)34-14-24(32)27-13-23-29-30-26(31(23)6)35-15-25(33)28-21-10-8-17(3)11-19(21)5/h7-12,16H,13-15H2,1-6H3,(H,27,32)(H,28,33). The van der Waals surface area contributed by atoms with E-state index in [9.17, 15) is 9.59 Å². The fraction of sp³-hybridized carbons (Fsp3) is 0.385. The molecule has 0 atom stereocenters. The van der Waals surface area contributed by atoms with Gasteiger partial charge in [-0.15, -0.1) is 10.2 Å². The van der Waals surface area contributed by atoms with Crippen LogP contribution in [0.3, 0.4) is 0 Å². The minimum absolute atomic E-state index is 0.0821. The first-order chi connectivity index (χ1) is 16.6. The average molecular weight is 496 g/mol. The maximum absolute atomic E-state index is 12.4. The molecule has 186 valence electrons. The van der Waals surface area contributed by atoms with Crippen LogP contribution < -0.4 is 15.4 Å². The van der Waals surface area contributed by atoms with E-state index in [1.54, 1.807) is 4.57 Å². The monoisotopic (exact) mass is 495 g/mol. The summed E-state index contributed by atoms with van der Waals surface area (Å²) < 4.78 is 7.56. The van der Waals surface area contributed by atoms with Gasteiger partial charge in [-0.1, -0.05) is 55.4 Å². The molecule has 1 heterocycles. The molecule has 2 N–H and O–H groups in total. The number of amides is 2. The summed E-state index contributed by atoms with van der Waals surface area (Å²) in [6.45, 7) is 10.3. The van der Waals surface area contributed by atoms with Gasteiger partial charge in [0, 0.05) is 12.7 Å². The number of anilines is 1. The van der Waals surface area contributed by atoms with Gasteiger partial charge in [0.2, 0.25) is 5.91 Å². The summed E-state index contributed by atoms with van der Waals surface area (Å²) in [4.78, 5) is 24.7. The first-order valence-electron chi connectivity index (χ1n) is 11.5. The van der Waals surface area contributed by atoms with Gasteiger partial charge in [0.05, 0.1) is 12.3 Å². The molecule has 35 heavy (non-hydrogen) atoms. The van der Waals surface area contributed by atoms with Crippen LogP contribution in [0.15, 0.2) is 41.6 Å². The number of ether oxygens (including phenoxy) is 1. The van der Waals surface area contributed by atoms with E-state index in [0.717, 1.165) is 33.7 Å². The number of hydrogen-bond donors (Lipinski definition) is 2. The summed E-state index contributed by atoms with van der Waals surface area (Å²) in [6, 6.07) is 11.9. The molecular formula is C26H33N5O3S. The van der Waals surface area contributed by atoms with Gasteiger partial charge < -0.3 is 19.9 Å². The molecule has 3 aromatic rings. The highest BCUT2D eigenvalue weighted by molar-refractivity contribution is 7.99. The molecule has 9 heteroatoms. The second kappa shape index (κ2) is 11.9. The molecule has 0 saturated heterocycles. The van der Waals surface area contributed by atoms with Gasteiger partial charge in [0.25, 0.3) is 5.91 Å². The molecule has 3 rings (SSSR count). The molecule has 0 aliphatic carbocycles. The Labute approximate surface area is 210 Å². The SMILES string of the molecule is Cc1ccc(NC(=O)CSc2nnc(CNC(=O)COc3cc(C)ccc3C(C)C)n2C)c(C)c1. The summed E-state index contributed by atoms with van der Waals surface area (Å²) in [5.41, 5.74) is 5.12. The molecule has 0 bridgehead atoms. The van der Waals surface area contributed by atoms with Crippen LogP contribution in [0.4, 0.5) is 5.69 Å². The van der Waals surface area contributed by atoms with Gasteiger partial charge >= 0.3 is 0 Å². The van der Waals surface area contributed by atoms with Gasteiger partial charge in [-0.05, 0) is 55.5 Å². The highest BCUT2D eigenvalue weighted by atomic mass is 32.2. The zero-order valence-corrected chi connectivity index (χ0v) is 22.0. The predicted octanol–water partition coefficient (Wildman–Crippen LogP) is 4.29. The van der Waals surface area contributed by atoms with E-state index in [1.165, 1.54) is 11.8 Å². The molecule has 0 aliphatic heterocycles. The van der Waals surface area contributed by atoms with E-state index in [1.807, 2.05) is 64.2 Å². The van der Waals surface area contributed by atoms with Gasteiger partial charge in [-0.25, -0.2) is 0 Å². The second-order valence-electron chi connectivity index (χ2n) is 8.87. The van der Waals surface area contributed by atoms with Crippen molar-refractivity contribution in [2.24, 2.45) is 7.05 Å². The minimum Gasteiger partial charge on any atom is -0.483 e. The van der Waals surface area contributed by atoms with E-state index in [2.05, 4.69) is 34.7 Å². The van der Waals surface area contributed by atoms with E-state index >= 15 is 0 Å². The van der Waals surface area contributed by atoms with Gasteiger partial charge in [0.15, 0.2) is 17.6 Å². The zero-order chi connectivity index (χ0) is 25.5. The van der Waals surface area contributed by atoms with Crippen molar-refractivity contribution in [2.45, 2.75) is 52.2 Å². The summed E-state index contributed by atoms with van der Waals surface area (Å²) in [7, 11) is 1.81. The first-order valence-corrected chi connectivity index (χ1v) is 12.5. The van der Waals surface area contributed by atoms with Crippen molar-refractivity contribution in [2.75, 3.05) is 17.7 Å². The van der Waals surface area contributed by atoms with E-state index in [4.69, 9.17) is 4.74 Å². The van der Waals surface area contributed by atoms with Gasteiger partial charge in [0.1, 0.15) is 5.75 Å². The number of nitrogens with zero attached hydrogens (tertiary/aromatic N) is 3. The molecule has 0 saturated carbocycles. The number of carbonyl (C=O) groups is 2. The molecule has 0 aliphatic rings. The van der Waals surface area contributed by atoms with Crippen molar-refractivity contribution in [3.63, 3.8) is 0 Å². The van der Waals surface area contributed by atoms with Crippen LogP contribution in [0.5, 0.6) is 5.75 Å². The predicted molar refractivity (Wildman–Crippen MR) is 139 cm³/mol. The number of aryl methyl sites for hydroxylation is 3. The molecular weight excluding hydrogens is 462 g/mol. The number of carbonyl (C=O) groups excluding carboxylic acids is 2. The molecule has 1 aromatic heterocycles. The molecule has 2 amide bonds. The van der Waals surface area contributed by atoms with Gasteiger partial charge in [-0.2, -0.15) is 0 Å². The Hall–Kier alpha value is -3.33. The maximum atomic E-state index is 12.4. The topological polar surface area (TPSA) is 98.1 Å². The summed E-state index contributed by atoms with van der Waals surface area (Å²) in [5.74, 6) is 1.46. The van der Waals surface area contributed by atoms with Crippen LogP contribution in [0.1, 0.15) is 47.8 Å². The normalized spacial score (nSPS) is 10.9. The molecule has 0 unspecified atom stereocenters. The number of nitrogens with one attached hydrogen (secondary N) is 2. The first kappa shape index (κ1) is 26.3. The van der Waals surface area contributed by atoms with Crippen LogP contribution in [0.25, 0.3) is 0 Å². The van der Waals surface area contributed by atoms with Crippen LogP contribution in [-0.4, -0.2) is 38.9 Å². The Balaban J connectivity index is 1.48. The van der Waals surface area contributed by atoms with Crippen LogP contribution in [0.2, 0.25) is 0 Å². The van der Waals surface area contributed by atoms with Crippen molar-refractivity contribution in [1.29, 1.82) is 0 Å². The third kappa shape index (κ3) is 7.32. The van der Waals surface area contributed by atoms with Crippen LogP contribution in [-0.2, 0) is 23.2 Å². The van der Waals surface area contributed by atoms with Gasteiger partial charge in [-0.3, -0.25) is 9.59 Å². The lowest BCUT2D eigenvalue weighted by Crippen LogP contribution is -2.29. The highest BCUT2D eigenvalue weighted by Crippen LogP contribution is 2.27. The number of hydrogen-bond acceptors (Lipinski definition) is 6. The Bertz CT molecular complexity index is 1210. The Morgan fingerprint density at radius 1 is 1.03 bits per heavy atom. The molecule has 2 aromatic carbocycles. The van der Waals surface area contributed by atoms with Crippen molar-refractivity contribution < 1.29 is 14.3 Å². The summed E-state index contributed by atoms with van der Waals surface area (Å²) in [5, 5.41) is 14.6. The summed E-state index contributed by atoms with van der Waals surface area (Å²) in [6.07, 6.45) is 0. The Kier molecular flexibility index (Phi) is 8.92. The molecule has 0 spiro atoms. The average Bonchev–Trinajstić information content (AvgIpc) is 3.15. The lowest BCUT2D eigenvalue weighted by atomic mass is 10.0. The van der Waals surface area contributed by atoms with E-state index in [0.29, 0.717) is 16.9 Å². The van der Waals surface area contributed by atoms with Crippen molar-refractivity contribution >= 4 is 29.3 Å². The smallest absolute Gasteiger partial charge is 0.258 e. The van der Waals surface area contributed by atoms with Crippen LogP contribution >= 0.6 is 11.8 Å². The fourth-order valence-electron chi connectivity index (χ4n) is 3.51. The van der Waals surface area contributed by atoms with Crippen molar-refractivity contribution in [3.05, 3.63) is 64.5 Å². The third-order valence-electron chi connectivity index (χ3n) is 5.51. The Morgan fingerprint density at radius 3 is 2.46 bits per heavy atom. The summed E-state index contributed by atoms with van der Waals surface area (Å²) >= 11 is 1.29. The van der Waals surface area contributed by atoms with Crippen molar-refractivity contribution in [1.82, 2.24) is 20.1 Å². The van der Waals surface area contributed by atoms with Crippen molar-refractivity contribution in [3.8, 4) is 5.75 Å². The number of benzene rings is 2.